The maximum absolute atomic E-state index is 9.53. The highest BCUT2D eigenvalue weighted by Gasteiger charge is 2.29. The molecule has 0 radical (unpaired) electrons. The van der Waals surface area contributed by atoms with E-state index in [2.05, 4.69) is 46.6 Å². The zero-order valence-corrected chi connectivity index (χ0v) is 14.4. The Balaban J connectivity index is 1.46. The molecule has 0 aromatic heterocycles. The number of hydrogen-bond donors (Lipinski definition) is 2. The second-order valence-electron chi connectivity index (χ2n) is 6.59. The van der Waals surface area contributed by atoms with Crippen LogP contribution in [0.2, 0.25) is 0 Å². The van der Waals surface area contributed by atoms with Crippen LogP contribution in [-0.4, -0.2) is 36.3 Å². The van der Waals surface area contributed by atoms with Crippen LogP contribution in [0.15, 0.2) is 48.5 Å². The van der Waals surface area contributed by atoms with Crippen LogP contribution < -0.4 is 10.1 Å². The molecule has 0 unspecified atom stereocenters. The number of anilines is 1. The standard InChI is InChI=1S/C20H26N2O2/c1-15(23)18-13-22(14-18)12-17-3-7-19(8-4-17)21-11-16-5-9-20(24-2)10-6-16/h3-10,15,18,21,23H,11-14H2,1-2H3/t15-/m0/s1. The lowest BCUT2D eigenvalue weighted by Gasteiger charge is -2.40. The summed E-state index contributed by atoms with van der Waals surface area (Å²) in [6.07, 6.45) is -0.189. The largest absolute Gasteiger partial charge is 0.497 e. The van der Waals surface area contributed by atoms with Crippen LogP contribution in [0.1, 0.15) is 18.1 Å². The fourth-order valence-corrected chi connectivity index (χ4v) is 2.98. The number of nitrogens with one attached hydrogen (secondary N) is 1. The Labute approximate surface area is 144 Å². The van der Waals surface area contributed by atoms with E-state index in [-0.39, 0.29) is 6.10 Å². The second-order valence-corrected chi connectivity index (χ2v) is 6.59. The predicted molar refractivity (Wildman–Crippen MR) is 97.2 cm³/mol. The van der Waals surface area contributed by atoms with Crippen molar-refractivity contribution in [3.8, 4) is 5.75 Å². The van der Waals surface area contributed by atoms with Crippen molar-refractivity contribution >= 4 is 5.69 Å². The van der Waals surface area contributed by atoms with E-state index in [4.69, 9.17) is 4.74 Å². The van der Waals surface area contributed by atoms with Crippen LogP contribution in [0.25, 0.3) is 0 Å². The minimum atomic E-state index is -0.189. The average molecular weight is 326 g/mol. The highest BCUT2D eigenvalue weighted by Crippen LogP contribution is 2.22. The lowest BCUT2D eigenvalue weighted by Crippen LogP contribution is -2.50. The highest BCUT2D eigenvalue weighted by atomic mass is 16.5. The molecule has 1 saturated heterocycles. The molecule has 0 bridgehead atoms. The summed E-state index contributed by atoms with van der Waals surface area (Å²) < 4.78 is 5.17. The van der Waals surface area contributed by atoms with E-state index >= 15 is 0 Å². The fraction of sp³-hybridized carbons (Fsp3) is 0.400. The lowest BCUT2D eigenvalue weighted by atomic mass is 9.94. The summed E-state index contributed by atoms with van der Waals surface area (Å²) in [7, 11) is 1.68. The molecule has 24 heavy (non-hydrogen) atoms. The van der Waals surface area contributed by atoms with E-state index in [1.165, 1.54) is 11.1 Å². The minimum absolute atomic E-state index is 0.189. The first-order valence-corrected chi connectivity index (χ1v) is 8.50. The van der Waals surface area contributed by atoms with E-state index in [1.54, 1.807) is 7.11 Å². The molecule has 1 heterocycles. The summed E-state index contributed by atoms with van der Waals surface area (Å²) >= 11 is 0. The van der Waals surface area contributed by atoms with Crippen LogP contribution in [0, 0.1) is 5.92 Å². The summed E-state index contributed by atoms with van der Waals surface area (Å²) in [5, 5.41) is 13.0. The Morgan fingerprint density at radius 1 is 1.08 bits per heavy atom. The number of likely N-dealkylation sites (tertiary alicyclic amines) is 1. The summed E-state index contributed by atoms with van der Waals surface area (Å²) in [6.45, 7) is 5.63. The molecule has 1 aliphatic heterocycles. The van der Waals surface area contributed by atoms with Crippen molar-refractivity contribution in [2.24, 2.45) is 5.92 Å². The molecule has 1 fully saturated rings. The Morgan fingerprint density at radius 2 is 1.71 bits per heavy atom. The molecule has 0 amide bonds. The quantitative estimate of drug-likeness (QED) is 0.820. The zero-order valence-electron chi connectivity index (χ0n) is 14.4. The molecule has 0 spiro atoms. The number of aliphatic hydroxyl groups is 1. The third-order valence-electron chi connectivity index (χ3n) is 4.68. The molecule has 128 valence electrons. The van der Waals surface area contributed by atoms with Crippen LogP contribution in [0.3, 0.4) is 0 Å². The molecular weight excluding hydrogens is 300 g/mol. The molecule has 1 aliphatic rings. The first-order chi connectivity index (χ1) is 11.6. The molecule has 0 saturated carbocycles. The third kappa shape index (κ3) is 4.28. The van der Waals surface area contributed by atoms with Crippen molar-refractivity contribution in [1.29, 1.82) is 0 Å². The lowest BCUT2D eigenvalue weighted by molar-refractivity contribution is 0.00122. The Hall–Kier alpha value is -2.04. The van der Waals surface area contributed by atoms with E-state index in [9.17, 15) is 5.11 Å². The number of nitrogens with zero attached hydrogens (tertiary/aromatic N) is 1. The van der Waals surface area contributed by atoms with Crippen molar-refractivity contribution in [2.75, 3.05) is 25.5 Å². The van der Waals surface area contributed by atoms with Gasteiger partial charge in [-0.25, -0.2) is 0 Å². The van der Waals surface area contributed by atoms with E-state index < -0.39 is 0 Å². The van der Waals surface area contributed by atoms with Crippen molar-refractivity contribution in [3.05, 3.63) is 59.7 Å². The predicted octanol–water partition coefficient (Wildman–Crippen LogP) is 3.12. The number of benzene rings is 2. The van der Waals surface area contributed by atoms with Gasteiger partial charge in [0.05, 0.1) is 13.2 Å². The van der Waals surface area contributed by atoms with Crippen molar-refractivity contribution in [1.82, 2.24) is 4.90 Å². The zero-order chi connectivity index (χ0) is 16.9. The van der Waals surface area contributed by atoms with Crippen LogP contribution in [-0.2, 0) is 13.1 Å². The van der Waals surface area contributed by atoms with Crippen molar-refractivity contribution in [3.63, 3.8) is 0 Å². The first-order valence-electron chi connectivity index (χ1n) is 8.50. The van der Waals surface area contributed by atoms with E-state index in [1.807, 2.05) is 19.1 Å². The van der Waals surface area contributed by atoms with Crippen molar-refractivity contribution < 1.29 is 9.84 Å². The molecule has 4 nitrogen and oxygen atoms in total. The van der Waals surface area contributed by atoms with Gasteiger partial charge in [0.25, 0.3) is 0 Å². The molecule has 0 aliphatic carbocycles. The van der Waals surface area contributed by atoms with Gasteiger partial charge in [-0.2, -0.15) is 0 Å². The summed E-state index contributed by atoms with van der Waals surface area (Å²) in [5.74, 6) is 1.32. The third-order valence-corrected chi connectivity index (χ3v) is 4.68. The number of methoxy groups -OCH3 is 1. The highest BCUT2D eigenvalue weighted by molar-refractivity contribution is 5.45. The SMILES string of the molecule is COc1ccc(CNc2ccc(CN3CC([C@H](C)O)C3)cc2)cc1. The average Bonchev–Trinajstić information content (AvgIpc) is 2.57. The van der Waals surface area contributed by atoms with Gasteiger partial charge in [0.1, 0.15) is 5.75 Å². The maximum Gasteiger partial charge on any atom is 0.118 e. The van der Waals surface area contributed by atoms with Gasteiger partial charge in [-0.15, -0.1) is 0 Å². The van der Waals surface area contributed by atoms with Gasteiger partial charge >= 0.3 is 0 Å². The minimum Gasteiger partial charge on any atom is -0.497 e. The van der Waals surface area contributed by atoms with Gasteiger partial charge in [0, 0.05) is 37.8 Å². The summed E-state index contributed by atoms with van der Waals surface area (Å²) in [6, 6.07) is 16.7. The molecule has 2 N–H and O–H groups in total. The Kier molecular flexibility index (Phi) is 5.38. The topological polar surface area (TPSA) is 44.7 Å². The van der Waals surface area contributed by atoms with Crippen molar-refractivity contribution in [2.45, 2.75) is 26.1 Å². The summed E-state index contributed by atoms with van der Waals surface area (Å²) in [5.41, 5.74) is 3.67. The Morgan fingerprint density at radius 3 is 2.29 bits per heavy atom. The van der Waals surface area contributed by atoms with E-state index in [0.29, 0.717) is 5.92 Å². The molecule has 2 aromatic carbocycles. The molecule has 1 atom stereocenters. The van der Waals surface area contributed by atoms with Gasteiger partial charge in [-0.1, -0.05) is 24.3 Å². The smallest absolute Gasteiger partial charge is 0.118 e. The monoisotopic (exact) mass is 326 g/mol. The molecule has 3 rings (SSSR count). The van der Waals surface area contributed by atoms with Gasteiger partial charge < -0.3 is 15.2 Å². The normalized spacial score (nSPS) is 16.5. The first kappa shape index (κ1) is 16.8. The number of aliphatic hydroxyl groups excluding tert-OH is 1. The Bertz CT molecular complexity index is 632. The number of rotatable bonds is 7. The van der Waals surface area contributed by atoms with E-state index in [0.717, 1.165) is 37.6 Å². The van der Waals surface area contributed by atoms with Gasteiger partial charge in [0.2, 0.25) is 0 Å². The van der Waals surface area contributed by atoms with Gasteiger partial charge in [-0.3, -0.25) is 4.90 Å². The maximum atomic E-state index is 9.53. The molecule has 4 heteroatoms. The number of hydrogen-bond acceptors (Lipinski definition) is 4. The van der Waals surface area contributed by atoms with Crippen LogP contribution >= 0.6 is 0 Å². The van der Waals surface area contributed by atoms with Crippen LogP contribution in [0.4, 0.5) is 5.69 Å². The van der Waals surface area contributed by atoms with Gasteiger partial charge in [0.15, 0.2) is 0 Å². The number of ether oxygens (including phenoxy) is 1. The van der Waals surface area contributed by atoms with Gasteiger partial charge in [-0.05, 0) is 42.3 Å². The summed E-state index contributed by atoms with van der Waals surface area (Å²) in [4.78, 5) is 2.37. The molecule has 2 aromatic rings. The van der Waals surface area contributed by atoms with Crippen LogP contribution in [0.5, 0.6) is 5.75 Å². The fourth-order valence-electron chi connectivity index (χ4n) is 2.98. The second kappa shape index (κ2) is 7.69. The molecular formula is C20H26N2O2.